The van der Waals surface area contributed by atoms with Crippen molar-refractivity contribution in [3.05, 3.63) is 40.5 Å². The summed E-state index contributed by atoms with van der Waals surface area (Å²) in [6.45, 7) is 0. The first-order valence-electron chi connectivity index (χ1n) is 6.02. The molecule has 1 aromatic carbocycles. The predicted octanol–water partition coefficient (Wildman–Crippen LogP) is 4.10. The number of nitrogens with zero attached hydrogens (tertiary/aromatic N) is 2. The van der Waals surface area contributed by atoms with E-state index in [4.69, 9.17) is 23.2 Å². The minimum atomic E-state index is 0.495. The molecule has 1 aliphatic carbocycles. The summed E-state index contributed by atoms with van der Waals surface area (Å²) >= 11 is 12.0. The Morgan fingerprint density at radius 2 is 2.00 bits per heavy atom. The van der Waals surface area contributed by atoms with Gasteiger partial charge >= 0.3 is 0 Å². The van der Waals surface area contributed by atoms with Crippen LogP contribution in [-0.2, 0) is 0 Å². The molecule has 1 heterocycles. The highest BCUT2D eigenvalue weighted by Crippen LogP contribution is 2.28. The van der Waals surface area contributed by atoms with Gasteiger partial charge in [0, 0.05) is 17.3 Å². The van der Waals surface area contributed by atoms with E-state index >= 15 is 0 Å². The van der Waals surface area contributed by atoms with Crippen molar-refractivity contribution in [1.82, 2.24) is 9.97 Å². The van der Waals surface area contributed by atoms with Crippen molar-refractivity contribution in [3.8, 4) is 0 Å². The molecule has 2 aromatic rings. The zero-order valence-electron chi connectivity index (χ0n) is 10.0. The SMILES string of the molecule is Clc1ccc(Cl)c(Nc2nccc(NC3CC3)n2)c1. The summed E-state index contributed by atoms with van der Waals surface area (Å²) in [7, 11) is 0. The summed E-state index contributed by atoms with van der Waals surface area (Å²) in [6.07, 6.45) is 4.11. The van der Waals surface area contributed by atoms with E-state index < -0.39 is 0 Å². The average Bonchev–Trinajstić information content (AvgIpc) is 3.18. The highest BCUT2D eigenvalue weighted by atomic mass is 35.5. The summed E-state index contributed by atoms with van der Waals surface area (Å²) in [4.78, 5) is 8.55. The molecule has 0 bridgehead atoms. The van der Waals surface area contributed by atoms with Crippen LogP contribution >= 0.6 is 23.2 Å². The summed E-state index contributed by atoms with van der Waals surface area (Å²) in [6, 6.07) is 7.62. The van der Waals surface area contributed by atoms with Crippen molar-refractivity contribution in [3.63, 3.8) is 0 Å². The molecule has 1 fully saturated rings. The van der Waals surface area contributed by atoms with Gasteiger partial charge in [-0.15, -0.1) is 0 Å². The molecule has 1 aliphatic rings. The molecule has 0 unspecified atom stereocenters. The fraction of sp³-hybridized carbons (Fsp3) is 0.231. The van der Waals surface area contributed by atoms with E-state index in [1.807, 2.05) is 6.07 Å². The van der Waals surface area contributed by atoms with Crippen LogP contribution in [0.2, 0.25) is 10.0 Å². The number of hydrogen-bond donors (Lipinski definition) is 2. The second-order valence-corrected chi connectivity index (χ2v) is 5.28. The summed E-state index contributed by atoms with van der Waals surface area (Å²) in [5.41, 5.74) is 0.692. The maximum atomic E-state index is 6.09. The second-order valence-electron chi connectivity index (χ2n) is 4.43. The van der Waals surface area contributed by atoms with Crippen LogP contribution in [0.15, 0.2) is 30.5 Å². The average molecular weight is 295 g/mol. The third kappa shape index (κ3) is 3.28. The van der Waals surface area contributed by atoms with E-state index in [0.717, 1.165) is 5.82 Å². The largest absolute Gasteiger partial charge is 0.367 e. The number of nitrogens with one attached hydrogen (secondary N) is 2. The Bertz CT molecular complexity index is 599. The third-order valence-corrected chi connectivity index (χ3v) is 3.32. The van der Waals surface area contributed by atoms with Crippen molar-refractivity contribution in [2.45, 2.75) is 18.9 Å². The zero-order chi connectivity index (χ0) is 13.2. The lowest BCUT2D eigenvalue weighted by Gasteiger charge is -2.09. The van der Waals surface area contributed by atoms with Gasteiger partial charge in [0.25, 0.3) is 0 Å². The fourth-order valence-electron chi connectivity index (χ4n) is 1.65. The molecule has 19 heavy (non-hydrogen) atoms. The van der Waals surface area contributed by atoms with E-state index in [1.165, 1.54) is 12.8 Å². The minimum Gasteiger partial charge on any atom is -0.367 e. The first kappa shape index (κ1) is 12.5. The monoisotopic (exact) mass is 294 g/mol. The summed E-state index contributed by atoms with van der Waals surface area (Å²) in [5.74, 6) is 1.31. The molecule has 3 rings (SSSR count). The van der Waals surface area contributed by atoms with Gasteiger partial charge in [-0.25, -0.2) is 4.98 Å². The first-order valence-corrected chi connectivity index (χ1v) is 6.78. The number of rotatable bonds is 4. The Balaban J connectivity index is 1.79. The van der Waals surface area contributed by atoms with Crippen LogP contribution in [0, 0.1) is 0 Å². The smallest absolute Gasteiger partial charge is 0.229 e. The van der Waals surface area contributed by atoms with Crippen LogP contribution in [0.3, 0.4) is 0 Å². The van der Waals surface area contributed by atoms with Crippen molar-refractivity contribution in [2.24, 2.45) is 0 Å². The molecule has 4 nitrogen and oxygen atoms in total. The third-order valence-electron chi connectivity index (χ3n) is 2.76. The Morgan fingerprint density at radius 3 is 2.79 bits per heavy atom. The Kier molecular flexibility index (Phi) is 3.44. The molecule has 0 spiro atoms. The lowest BCUT2D eigenvalue weighted by atomic mass is 10.3. The van der Waals surface area contributed by atoms with Gasteiger partial charge in [-0.2, -0.15) is 4.98 Å². The molecule has 6 heteroatoms. The minimum absolute atomic E-state index is 0.495. The van der Waals surface area contributed by atoms with Crippen molar-refractivity contribution >= 4 is 40.7 Å². The number of anilines is 3. The Morgan fingerprint density at radius 1 is 1.16 bits per heavy atom. The molecule has 1 saturated carbocycles. The number of hydrogen-bond acceptors (Lipinski definition) is 4. The summed E-state index contributed by atoms with van der Waals surface area (Å²) < 4.78 is 0. The van der Waals surface area contributed by atoms with Gasteiger partial charge in [0.15, 0.2) is 0 Å². The summed E-state index contributed by atoms with van der Waals surface area (Å²) in [5, 5.41) is 7.57. The van der Waals surface area contributed by atoms with Gasteiger partial charge in [0.2, 0.25) is 5.95 Å². The maximum Gasteiger partial charge on any atom is 0.229 e. The lowest BCUT2D eigenvalue weighted by molar-refractivity contribution is 1.08. The van der Waals surface area contributed by atoms with Crippen LogP contribution < -0.4 is 10.6 Å². The molecular formula is C13H12Cl2N4. The molecule has 0 amide bonds. The van der Waals surface area contributed by atoms with E-state index in [9.17, 15) is 0 Å². The van der Waals surface area contributed by atoms with Crippen LogP contribution in [0.5, 0.6) is 0 Å². The second kappa shape index (κ2) is 5.23. The van der Waals surface area contributed by atoms with Crippen LogP contribution in [-0.4, -0.2) is 16.0 Å². The normalized spacial score (nSPS) is 14.2. The quantitative estimate of drug-likeness (QED) is 0.891. The van der Waals surface area contributed by atoms with E-state index in [-0.39, 0.29) is 0 Å². The van der Waals surface area contributed by atoms with E-state index in [2.05, 4.69) is 20.6 Å². The predicted molar refractivity (Wildman–Crippen MR) is 78.4 cm³/mol. The number of benzene rings is 1. The molecule has 1 aromatic heterocycles. The first-order chi connectivity index (χ1) is 9.20. The molecular weight excluding hydrogens is 283 g/mol. The highest BCUT2D eigenvalue weighted by molar-refractivity contribution is 6.35. The van der Waals surface area contributed by atoms with Gasteiger partial charge in [-0.1, -0.05) is 23.2 Å². The van der Waals surface area contributed by atoms with Crippen LogP contribution in [0.1, 0.15) is 12.8 Å². The lowest BCUT2D eigenvalue weighted by Crippen LogP contribution is -2.05. The van der Waals surface area contributed by atoms with Crippen LogP contribution in [0.4, 0.5) is 17.5 Å². The standard InChI is InChI=1S/C13H12Cl2N4/c14-8-1-4-10(15)11(7-8)18-13-16-6-5-12(19-13)17-9-2-3-9/h1,4-7,9H,2-3H2,(H2,16,17,18,19). The fourth-order valence-corrected chi connectivity index (χ4v) is 1.99. The molecule has 0 radical (unpaired) electrons. The molecule has 98 valence electrons. The van der Waals surface area contributed by atoms with Gasteiger partial charge in [0.1, 0.15) is 5.82 Å². The number of halogens is 2. The van der Waals surface area contributed by atoms with Crippen molar-refractivity contribution < 1.29 is 0 Å². The Labute approximate surface area is 121 Å². The van der Waals surface area contributed by atoms with Gasteiger partial charge in [-0.3, -0.25) is 0 Å². The molecule has 0 atom stereocenters. The number of aromatic nitrogens is 2. The highest BCUT2D eigenvalue weighted by Gasteiger charge is 2.21. The zero-order valence-corrected chi connectivity index (χ0v) is 11.5. The van der Waals surface area contributed by atoms with Gasteiger partial charge in [0.05, 0.1) is 10.7 Å². The topological polar surface area (TPSA) is 49.8 Å². The van der Waals surface area contributed by atoms with E-state index in [1.54, 1.807) is 24.4 Å². The Hall–Kier alpha value is -1.52. The van der Waals surface area contributed by atoms with Gasteiger partial charge < -0.3 is 10.6 Å². The molecule has 0 saturated heterocycles. The van der Waals surface area contributed by atoms with Crippen molar-refractivity contribution in [1.29, 1.82) is 0 Å². The van der Waals surface area contributed by atoms with Gasteiger partial charge in [-0.05, 0) is 37.1 Å². The van der Waals surface area contributed by atoms with E-state index in [0.29, 0.717) is 27.7 Å². The van der Waals surface area contributed by atoms with Crippen molar-refractivity contribution in [2.75, 3.05) is 10.6 Å². The van der Waals surface area contributed by atoms with Crippen LogP contribution in [0.25, 0.3) is 0 Å². The molecule has 0 aliphatic heterocycles. The maximum absolute atomic E-state index is 6.09. The molecule has 2 N–H and O–H groups in total.